The molecular weight excluding hydrogens is 286 g/mol. The van der Waals surface area contributed by atoms with Crippen molar-refractivity contribution in [3.63, 3.8) is 0 Å². The molecule has 0 bridgehead atoms. The van der Waals surface area contributed by atoms with E-state index in [1.807, 2.05) is 0 Å². The number of hydrogen-bond acceptors (Lipinski definition) is 3. The van der Waals surface area contributed by atoms with Crippen LogP contribution in [0.1, 0.15) is 52.1 Å². The lowest BCUT2D eigenvalue weighted by Gasteiger charge is -2.14. The normalized spacial score (nSPS) is 17.3. The highest BCUT2D eigenvalue weighted by atomic mass is 32.2. The van der Waals surface area contributed by atoms with Crippen LogP contribution in [0.2, 0.25) is 0 Å². The molecule has 0 atom stereocenters. The summed E-state index contributed by atoms with van der Waals surface area (Å²) in [7, 11) is -3.40. The standard InChI is InChI=1S/C15H27N3O2S/c1-4-5-15(6-7-15)11-18-21(19,20)14-8-13(17-10-14)9-16-12(2)3/h8,10,12,16-18H,4-7,9,11H2,1-3H3. The van der Waals surface area contributed by atoms with Crippen LogP contribution >= 0.6 is 0 Å². The van der Waals surface area contributed by atoms with Gasteiger partial charge in [-0.05, 0) is 30.7 Å². The van der Waals surface area contributed by atoms with Gasteiger partial charge in [0, 0.05) is 31.0 Å². The third kappa shape index (κ3) is 4.56. The van der Waals surface area contributed by atoms with Gasteiger partial charge in [-0.25, -0.2) is 13.1 Å². The molecule has 0 amide bonds. The average Bonchev–Trinajstić information content (AvgIpc) is 3.01. The molecule has 1 aliphatic rings. The minimum absolute atomic E-state index is 0.222. The van der Waals surface area contributed by atoms with Crippen LogP contribution in [-0.2, 0) is 16.6 Å². The fourth-order valence-corrected chi connectivity index (χ4v) is 3.72. The third-order valence-electron chi connectivity index (χ3n) is 4.10. The summed E-state index contributed by atoms with van der Waals surface area (Å²) in [5, 5.41) is 3.26. The van der Waals surface area contributed by atoms with Crippen molar-refractivity contribution in [2.24, 2.45) is 5.41 Å². The first-order valence-corrected chi connectivity index (χ1v) is 9.25. The largest absolute Gasteiger partial charge is 0.363 e. The molecule has 3 N–H and O–H groups in total. The third-order valence-corrected chi connectivity index (χ3v) is 5.48. The van der Waals surface area contributed by atoms with Crippen molar-refractivity contribution in [3.8, 4) is 0 Å². The highest BCUT2D eigenvalue weighted by molar-refractivity contribution is 7.89. The smallest absolute Gasteiger partial charge is 0.242 e. The van der Waals surface area contributed by atoms with Gasteiger partial charge in [0.25, 0.3) is 0 Å². The summed E-state index contributed by atoms with van der Waals surface area (Å²) in [4.78, 5) is 3.35. The number of aromatic nitrogens is 1. The lowest BCUT2D eigenvalue weighted by atomic mass is 10.0. The van der Waals surface area contributed by atoms with Crippen molar-refractivity contribution < 1.29 is 8.42 Å². The Balaban J connectivity index is 1.93. The molecule has 1 fully saturated rings. The molecule has 1 heterocycles. The number of rotatable bonds is 9. The molecule has 2 rings (SSSR count). The molecule has 21 heavy (non-hydrogen) atoms. The maximum Gasteiger partial charge on any atom is 0.242 e. The van der Waals surface area contributed by atoms with E-state index >= 15 is 0 Å². The van der Waals surface area contributed by atoms with E-state index in [9.17, 15) is 8.42 Å². The van der Waals surface area contributed by atoms with Crippen molar-refractivity contribution >= 4 is 10.0 Å². The monoisotopic (exact) mass is 313 g/mol. The van der Waals surface area contributed by atoms with E-state index in [0.717, 1.165) is 31.4 Å². The first-order chi connectivity index (χ1) is 9.87. The zero-order valence-corrected chi connectivity index (χ0v) is 14.0. The first kappa shape index (κ1) is 16.5. The summed E-state index contributed by atoms with van der Waals surface area (Å²) in [6, 6.07) is 2.08. The topological polar surface area (TPSA) is 74.0 Å². The van der Waals surface area contributed by atoms with Gasteiger partial charge >= 0.3 is 0 Å². The zero-order valence-electron chi connectivity index (χ0n) is 13.2. The number of aromatic amines is 1. The first-order valence-electron chi connectivity index (χ1n) is 7.77. The fraction of sp³-hybridized carbons (Fsp3) is 0.733. The van der Waals surface area contributed by atoms with Gasteiger partial charge in [0.2, 0.25) is 10.0 Å². The van der Waals surface area contributed by atoms with Crippen LogP contribution in [0.4, 0.5) is 0 Å². The van der Waals surface area contributed by atoms with Gasteiger partial charge in [-0.2, -0.15) is 0 Å². The van der Waals surface area contributed by atoms with E-state index in [0.29, 0.717) is 24.0 Å². The van der Waals surface area contributed by atoms with Crippen LogP contribution in [0, 0.1) is 5.41 Å². The highest BCUT2D eigenvalue weighted by Crippen LogP contribution is 2.49. The molecule has 1 aromatic heterocycles. The van der Waals surface area contributed by atoms with Crippen molar-refractivity contribution in [3.05, 3.63) is 18.0 Å². The Labute approximate surface area is 128 Å². The lowest BCUT2D eigenvalue weighted by Crippen LogP contribution is -2.30. The van der Waals surface area contributed by atoms with Gasteiger partial charge in [0.05, 0.1) is 4.90 Å². The van der Waals surface area contributed by atoms with E-state index in [1.54, 1.807) is 12.3 Å². The van der Waals surface area contributed by atoms with Crippen molar-refractivity contribution in [2.75, 3.05) is 6.54 Å². The second-order valence-corrected chi connectivity index (χ2v) is 8.24. The van der Waals surface area contributed by atoms with Crippen LogP contribution < -0.4 is 10.0 Å². The molecular formula is C15H27N3O2S. The molecule has 6 heteroatoms. The summed E-state index contributed by atoms with van der Waals surface area (Å²) in [6.07, 6.45) is 6.06. The van der Waals surface area contributed by atoms with Crippen LogP contribution in [-0.4, -0.2) is 26.0 Å². The predicted molar refractivity (Wildman–Crippen MR) is 84.5 cm³/mol. The molecule has 0 saturated heterocycles. The lowest BCUT2D eigenvalue weighted by molar-refractivity contribution is 0.449. The molecule has 0 unspecified atom stereocenters. The number of hydrogen-bond donors (Lipinski definition) is 3. The molecule has 0 aromatic carbocycles. The number of nitrogens with one attached hydrogen (secondary N) is 3. The Kier molecular flexibility index (Phi) is 5.11. The van der Waals surface area contributed by atoms with E-state index in [-0.39, 0.29) is 5.41 Å². The van der Waals surface area contributed by atoms with Gasteiger partial charge in [-0.1, -0.05) is 27.2 Å². The van der Waals surface area contributed by atoms with E-state index in [2.05, 4.69) is 35.8 Å². The quantitative estimate of drug-likeness (QED) is 0.655. The molecule has 0 radical (unpaired) electrons. The molecule has 1 saturated carbocycles. The Hall–Kier alpha value is -0.850. The Bertz CT molecular complexity index is 559. The maximum absolute atomic E-state index is 12.3. The van der Waals surface area contributed by atoms with Crippen LogP contribution in [0.5, 0.6) is 0 Å². The summed E-state index contributed by atoms with van der Waals surface area (Å²) in [5.74, 6) is 0. The van der Waals surface area contributed by atoms with Gasteiger partial charge in [-0.3, -0.25) is 0 Å². The van der Waals surface area contributed by atoms with Crippen molar-refractivity contribution in [2.45, 2.75) is 63.9 Å². The van der Waals surface area contributed by atoms with Crippen LogP contribution in [0.25, 0.3) is 0 Å². The SMILES string of the molecule is CCCC1(CNS(=O)(=O)c2c[nH]c(CNC(C)C)c2)CC1. The summed E-state index contributed by atoms with van der Waals surface area (Å²) in [5.41, 5.74) is 1.11. The average molecular weight is 313 g/mol. The fourth-order valence-electron chi connectivity index (χ4n) is 2.54. The van der Waals surface area contributed by atoms with Gasteiger partial charge in [0.15, 0.2) is 0 Å². The van der Waals surface area contributed by atoms with Crippen molar-refractivity contribution in [1.82, 2.24) is 15.0 Å². The maximum atomic E-state index is 12.3. The van der Waals surface area contributed by atoms with Gasteiger partial charge in [0.1, 0.15) is 0 Å². The van der Waals surface area contributed by atoms with Crippen LogP contribution in [0.15, 0.2) is 17.2 Å². The molecule has 1 aromatic rings. The Morgan fingerprint density at radius 1 is 1.38 bits per heavy atom. The highest BCUT2D eigenvalue weighted by Gasteiger charge is 2.42. The molecule has 120 valence electrons. The Morgan fingerprint density at radius 3 is 2.67 bits per heavy atom. The minimum Gasteiger partial charge on any atom is -0.363 e. The molecule has 0 spiro atoms. The van der Waals surface area contributed by atoms with Gasteiger partial charge in [-0.15, -0.1) is 0 Å². The number of sulfonamides is 1. The molecule has 0 aliphatic heterocycles. The Morgan fingerprint density at radius 2 is 2.10 bits per heavy atom. The van der Waals surface area contributed by atoms with E-state index in [1.165, 1.54) is 0 Å². The summed E-state index contributed by atoms with van der Waals surface area (Å²) >= 11 is 0. The molecule has 5 nitrogen and oxygen atoms in total. The minimum atomic E-state index is -3.40. The second-order valence-electron chi connectivity index (χ2n) is 6.47. The van der Waals surface area contributed by atoms with E-state index < -0.39 is 10.0 Å². The van der Waals surface area contributed by atoms with E-state index in [4.69, 9.17) is 0 Å². The van der Waals surface area contributed by atoms with Gasteiger partial charge < -0.3 is 10.3 Å². The zero-order chi connectivity index (χ0) is 15.5. The second kappa shape index (κ2) is 6.50. The summed E-state index contributed by atoms with van der Waals surface area (Å²) in [6.45, 7) is 7.48. The number of H-pyrrole nitrogens is 1. The van der Waals surface area contributed by atoms with Crippen LogP contribution in [0.3, 0.4) is 0 Å². The van der Waals surface area contributed by atoms with Crippen molar-refractivity contribution in [1.29, 1.82) is 0 Å². The molecule has 1 aliphatic carbocycles. The summed E-state index contributed by atoms with van der Waals surface area (Å²) < 4.78 is 27.4. The predicted octanol–water partition coefficient (Wildman–Crippen LogP) is 2.37.